The fourth-order valence-electron chi connectivity index (χ4n) is 3.25. The van der Waals surface area contributed by atoms with E-state index in [-0.39, 0.29) is 30.6 Å². The van der Waals surface area contributed by atoms with E-state index in [2.05, 4.69) is 5.32 Å². The molecule has 1 aliphatic rings. The Hall–Kier alpha value is -2.50. The molecule has 2 aromatic carbocycles. The molecule has 2 aromatic rings. The maximum Gasteiger partial charge on any atom is 0.418 e. The summed E-state index contributed by atoms with van der Waals surface area (Å²) in [7, 11) is 0. The lowest BCUT2D eigenvalue weighted by molar-refractivity contribution is -0.137. The minimum absolute atomic E-state index is 0.00216. The average molecular weight is 348 g/mol. The van der Waals surface area contributed by atoms with Gasteiger partial charge in [0.25, 0.3) is 0 Å². The summed E-state index contributed by atoms with van der Waals surface area (Å²) < 4.78 is 38.9. The summed E-state index contributed by atoms with van der Waals surface area (Å²) in [6, 6.07) is 13.1. The van der Waals surface area contributed by atoms with Crippen LogP contribution in [0, 0.1) is 0 Å². The number of carbonyl (C=O) groups is 1. The minimum Gasteiger partial charge on any atom is -0.384 e. The first-order valence-corrected chi connectivity index (χ1v) is 8.18. The molecule has 0 aliphatic carbocycles. The van der Waals surface area contributed by atoms with Crippen LogP contribution in [0.4, 0.5) is 24.5 Å². The van der Waals surface area contributed by atoms with Crippen molar-refractivity contribution in [3.63, 3.8) is 0 Å². The molecule has 0 aromatic heterocycles. The number of para-hydroxylation sites is 2. The van der Waals surface area contributed by atoms with E-state index in [9.17, 15) is 18.0 Å². The van der Waals surface area contributed by atoms with E-state index in [4.69, 9.17) is 0 Å². The first kappa shape index (κ1) is 17.3. The number of hydrogen-bond acceptors (Lipinski definition) is 2. The molecule has 1 heterocycles. The van der Waals surface area contributed by atoms with Crippen LogP contribution < -0.4 is 10.2 Å². The predicted octanol–water partition coefficient (Wildman–Crippen LogP) is 4.49. The zero-order valence-corrected chi connectivity index (χ0v) is 13.8. The zero-order chi connectivity index (χ0) is 18.0. The van der Waals surface area contributed by atoms with Crippen LogP contribution >= 0.6 is 0 Å². The van der Waals surface area contributed by atoms with Gasteiger partial charge in [0.15, 0.2) is 0 Å². The molecule has 1 unspecified atom stereocenters. The van der Waals surface area contributed by atoms with Gasteiger partial charge in [0.2, 0.25) is 5.91 Å². The van der Waals surface area contributed by atoms with Crippen molar-refractivity contribution in [1.29, 1.82) is 0 Å². The Balaban J connectivity index is 1.65. The molecule has 3 nitrogen and oxygen atoms in total. The van der Waals surface area contributed by atoms with Gasteiger partial charge in [-0.25, -0.2) is 0 Å². The average Bonchev–Trinajstić information content (AvgIpc) is 2.90. The number of anilines is 2. The predicted molar refractivity (Wildman–Crippen MR) is 91.6 cm³/mol. The molecule has 0 fully saturated rings. The quantitative estimate of drug-likeness (QED) is 0.883. The number of alkyl halides is 3. The Morgan fingerprint density at radius 1 is 1.16 bits per heavy atom. The molecular formula is C19H19F3N2O. The summed E-state index contributed by atoms with van der Waals surface area (Å²) in [4.78, 5) is 14.3. The molecule has 1 amide bonds. The second kappa shape index (κ2) is 6.78. The van der Waals surface area contributed by atoms with E-state index in [1.54, 1.807) is 4.90 Å². The Morgan fingerprint density at radius 2 is 1.84 bits per heavy atom. The van der Waals surface area contributed by atoms with Crippen LogP contribution in [0.2, 0.25) is 0 Å². The number of nitrogens with one attached hydrogen (secondary N) is 1. The van der Waals surface area contributed by atoms with Gasteiger partial charge in [-0.1, -0.05) is 30.3 Å². The van der Waals surface area contributed by atoms with Crippen LogP contribution in [0.15, 0.2) is 48.5 Å². The SMILES string of the molecule is CC1Cc2ccccc2N1C(=O)CCNc1ccccc1C(F)(F)F. The van der Waals surface area contributed by atoms with Crippen molar-refractivity contribution in [1.82, 2.24) is 0 Å². The van der Waals surface area contributed by atoms with E-state index in [0.29, 0.717) is 0 Å². The maximum absolute atomic E-state index is 13.0. The fourth-order valence-corrected chi connectivity index (χ4v) is 3.25. The first-order chi connectivity index (χ1) is 11.9. The number of rotatable bonds is 4. The zero-order valence-electron chi connectivity index (χ0n) is 13.8. The van der Waals surface area contributed by atoms with Gasteiger partial charge in [0.05, 0.1) is 5.56 Å². The second-order valence-corrected chi connectivity index (χ2v) is 6.17. The van der Waals surface area contributed by atoms with E-state index in [1.807, 2.05) is 31.2 Å². The van der Waals surface area contributed by atoms with Crippen LogP contribution in [0.5, 0.6) is 0 Å². The molecule has 0 saturated carbocycles. The van der Waals surface area contributed by atoms with E-state index >= 15 is 0 Å². The van der Waals surface area contributed by atoms with Gasteiger partial charge in [-0.2, -0.15) is 13.2 Å². The Labute approximate surface area is 144 Å². The van der Waals surface area contributed by atoms with Gasteiger partial charge in [-0.15, -0.1) is 0 Å². The molecule has 0 radical (unpaired) electrons. The minimum atomic E-state index is -4.42. The summed E-state index contributed by atoms with van der Waals surface area (Å²) in [5, 5.41) is 2.75. The van der Waals surface area contributed by atoms with Crippen LogP contribution in [-0.4, -0.2) is 18.5 Å². The number of nitrogens with zero attached hydrogens (tertiary/aromatic N) is 1. The lowest BCUT2D eigenvalue weighted by atomic mass is 10.1. The largest absolute Gasteiger partial charge is 0.418 e. The van der Waals surface area contributed by atoms with Crippen molar-refractivity contribution >= 4 is 17.3 Å². The third-order valence-electron chi connectivity index (χ3n) is 4.36. The number of hydrogen-bond donors (Lipinski definition) is 1. The van der Waals surface area contributed by atoms with Crippen LogP contribution in [-0.2, 0) is 17.4 Å². The van der Waals surface area contributed by atoms with E-state index in [1.165, 1.54) is 18.2 Å². The van der Waals surface area contributed by atoms with Gasteiger partial charge in [0, 0.05) is 30.4 Å². The molecule has 3 rings (SSSR count). The Kier molecular flexibility index (Phi) is 4.70. The third-order valence-corrected chi connectivity index (χ3v) is 4.36. The van der Waals surface area contributed by atoms with Crippen LogP contribution in [0.3, 0.4) is 0 Å². The Morgan fingerprint density at radius 3 is 2.60 bits per heavy atom. The van der Waals surface area contributed by atoms with Gasteiger partial charge >= 0.3 is 6.18 Å². The third kappa shape index (κ3) is 3.62. The lowest BCUT2D eigenvalue weighted by Gasteiger charge is -2.23. The van der Waals surface area contributed by atoms with Crippen LogP contribution in [0.1, 0.15) is 24.5 Å². The first-order valence-electron chi connectivity index (χ1n) is 8.18. The number of fused-ring (bicyclic) bond motifs is 1. The molecular weight excluding hydrogens is 329 g/mol. The Bertz CT molecular complexity index is 773. The molecule has 1 aliphatic heterocycles. The highest BCUT2D eigenvalue weighted by molar-refractivity contribution is 5.96. The topological polar surface area (TPSA) is 32.3 Å². The molecule has 25 heavy (non-hydrogen) atoms. The summed E-state index contributed by atoms with van der Waals surface area (Å²) >= 11 is 0. The fraction of sp³-hybridized carbons (Fsp3) is 0.316. The molecule has 0 spiro atoms. The number of halogens is 3. The number of benzene rings is 2. The van der Waals surface area contributed by atoms with Crippen molar-refractivity contribution in [2.24, 2.45) is 0 Å². The molecule has 6 heteroatoms. The summed E-state index contributed by atoms with van der Waals surface area (Å²) in [6.45, 7) is 2.13. The van der Waals surface area contributed by atoms with Crippen LogP contribution in [0.25, 0.3) is 0 Å². The molecule has 0 saturated heterocycles. The van der Waals surface area contributed by atoms with Crippen molar-refractivity contribution in [3.05, 3.63) is 59.7 Å². The number of carbonyl (C=O) groups excluding carboxylic acids is 1. The summed E-state index contributed by atoms with van der Waals surface area (Å²) in [5.74, 6) is -0.0885. The van der Waals surface area contributed by atoms with Gasteiger partial charge in [-0.05, 0) is 37.1 Å². The molecule has 1 atom stereocenters. The monoisotopic (exact) mass is 348 g/mol. The van der Waals surface area contributed by atoms with Crippen molar-refractivity contribution in [3.8, 4) is 0 Å². The molecule has 132 valence electrons. The highest BCUT2D eigenvalue weighted by Crippen LogP contribution is 2.35. The number of amides is 1. The highest BCUT2D eigenvalue weighted by atomic mass is 19.4. The standard InChI is InChI=1S/C19H19F3N2O/c1-13-12-14-6-2-5-9-17(14)24(13)18(25)10-11-23-16-8-4-3-7-15(16)19(20,21)22/h2-9,13,23H,10-12H2,1H3. The van der Waals surface area contributed by atoms with Gasteiger partial charge in [0.1, 0.15) is 0 Å². The highest BCUT2D eigenvalue weighted by Gasteiger charge is 2.33. The maximum atomic E-state index is 13.0. The smallest absolute Gasteiger partial charge is 0.384 e. The van der Waals surface area contributed by atoms with Crippen molar-refractivity contribution in [2.45, 2.75) is 32.0 Å². The van der Waals surface area contributed by atoms with Crippen molar-refractivity contribution < 1.29 is 18.0 Å². The van der Waals surface area contributed by atoms with Crippen molar-refractivity contribution in [2.75, 3.05) is 16.8 Å². The molecule has 1 N–H and O–H groups in total. The normalized spacial score (nSPS) is 16.6. The summed E-state index contributed by atoms with van der Waals surface area (Å²) in [5.41, 5.74) is 1.30. The molecule has 0 bridgehead atoms. The van der Waals surface area contributed by atoms with E-state index < -0.39 is 11.7 Å². The van der Waals surface area contributed by atoms with Gasteiger partial charge < -0.3 is 10.2 Å². The second-order valence-electron chi connectivity index (χ2n) is 6.17. The summed E-state index contributed by atoms with van der Waals surface area (Å²) in [6.07, 6.45) is -3.49. The lowest BCUT2D eigenvalue weighted by Crippen LogP contribution is -2.36. The van der Waals surface area contributed by atoms with Gasteiger partial charge in [-0.3, -0.25) is 4.79 Å². The van der Waals surface area contributed by atoms with E-state index in [0.717, 1.165) is 23.7 Å².